The molecule has 0 fully saturated rings. The zero-order valence-corrected chi connectivity index (χ0v) is 22.1. The minimum Gasteiger partial charge on any atom is -0.485 e. The van der Waals surface area contributed by atoms with Crippen molar-refractivity contribution in [1.29, 1.82) is 0 Å². The summed E-state index contributed by atoms with van der Waals surface area (Å²) < 4.78 is 12.0. The number of nitrogens with one attached hydrogen (secondary N) is 1. The topological polar surface area (TPSA) is 101 Å². The van der Waals surface area contributed by atoms with Crippen molar-refractivity contribution < 1.29 is 23.9 Å². The molecule has 1 unspecified atom stereocenters. The molecule has 9 nitrogen and oxygen atoms in total. The summed E-state index contributed by atoms with van der Waals surface area (Å²) in [7, 11) is 1.66. The standard InChI is InChI=1S/C27H36N4O5/c1-17(2)31-15-18(3)22(16-30(7)26(34)36-27(4,5)6)35-23-20(25(31)33)9-8-10-21(23)29-24(32)19-11-13-28-14-12-19/h8-14,17-18,22H,15-16H2,1-7H3,(H,29,32)/t18-,22?/m0/s1. The number of likely N-dealkylation sites (N-methyl/N-ethyl adjacent to an activating group) is 1. The molecule has 3 amide bonds. The van der Waals surface area contributed by atoms with E-state index in [0.717, 1.165) is 0 Å². The van der Waals surface area contributed by atoms with E-state index >= 15 is 0 Å². The van der Waals surface area contributed by atoms with E-state index in [-0.39, 0.29) is 36.1 Å². The Bertz CT molecular complexity index is 1100. The smallest absolute Gasteiger partial charge is 0.410 e. The molecule has 2 aromatic rings. The minimum absolute atomic E-state index is 0.0507. The largest absolute Gasteiger partial charge is 0.485 e. The summed E-state index contributed by atoms with van der Waals surface area (Å²) >= 11 is 0. The number of hydrogen-bond acceptors (Lipinski definition) is 6. The van der Waals surface area contributed by atoms with Crippen molar-refractivity contribution in [2.45, 2.75) is 59.3 Å². The lowest BCUT2D eigenvalue weighted by Gasteiger charge is -2.38. The van der Waals surface area contributed by atoms with Crippen molar-refractivity contribution >= 4 is 23.6 Å². The van der Waals surface area contributed by atoms with E-state index in [1.165, 1.54) is 17.3 Å². The molecule has 36 heavy (non-hydrogen) atoms. The fraction of sp³-hybridized carbons (Fsp3) is 0.481. The Kier molecular flexibility index (Phi) is 8.22. The van der Waals surface area contributed by atoms with Crippen LogP contribution in [-0.2, 0) is 4.74 Å². The van der Waals surface area contributed by atoms with Crippen LogP contribution >= 0.6 is 0 Å². The molecule has 0 aliphatic carbocycles. The van der Waals surface area contributed by atoms with Crippen LogP contribution in [0.5, 0.6) is 5.75 Å². The third-order valence-corrected chi connectivity index (χ3v) is 5.87. The first-order valence-electron chi connectivity index (χ1n) is 12.1. The molecule has 0 bridgehead atoms. The minimum atomic E-state index is -0.628. The van der Waals surface area contributed by atoms with Gasteiger partial charge in [-0.1, -0.05) is 13.0 Å². The Morgan fingerprint density at radius 3 is 2.50 bits per heavy atom. The summed E-state index contributed by atoms with van der Waals surface area (Å²) in [6, 6.07) is 8.27. The van der Waals surface area contributed by atoms with Crippen LogP contribution < -0.4 is 10.1 Å². The molecule has 1 aliphatic rings. The van der Waals surface area contributed by atoms with Crippen LogP contribution in [0.2, 0.25) is 0 Å². The molecule has 1 aliphatic heterocycles. The van der Waals surface area contributed by atoms with Gasteiger partial charge in [0.15, 0.2) is 5.75 Å². The molecule has 0 radical (unpaired) electrons. The molecule has 0 saturated heterocycles. The molecular weight excluding hydrogens is 460 g/mol. The number of hydrogen-bond donors (Lipinski definition) is 1. The Balaban J connectivity index is 1.98. The van der Waals surface area contributed by atoms with Gasteiger partial charge in [0.25, 0.3) is 11.8 Å². The maximum Gasteiger partial charge on any atom is 0.410 e. The zero-order valence-electron chi connectivity index (χ0n) is 22.1. The van der Waals surface area contributed by atoms with Gasteiger partial charge in [-0.25, -0.2) is 4.79 Å². The lowest BCUT2D eigenvalue weighted by atomic mass is 9.99. The van der Waals surface area contributed by atoms with Gasteiger partial charge in [0.1, 0.15) is 11.7 Å². The Morgan fingerprint density at radius 1 is 1.22 bits per heavy atom. The van der Waals surface area contributed by atoms with Crippen LogP contribution in [0.3, 0.4) is 0 Å². The van der Waals surface area contributed by atoms with Crippen molar-refractivity contribution in [3.63, 3.8) is 0 Å². The van der Waals surface area contributed by atoms with Gasteiger partial charge in [-0.2, -0.15) is 0 Å². The van der Waals surface area contributed by atoms with Crippen LogP contribution in [-0.4, -0.2) is 70.6 Å². The molecular formula is C27H36N4O5. The second-order valence-electron chi connectivity index (χ2n) is 10.4. The highest BCUT2D eigenvalue weighted by Crippen LogP contribution is 2.35. The zero-order chi connectivity index (χ0) is 26.6. The molecule has 9 heteroatoms. The monoisotopic (exact) mass is 496 g/mol. The number of anilines is 1. The fourth-order valence-corrected chi connectivity index (χ4v) is 3.91. The first-order chi connectivity index (χ1) is 16.9. The SMILES string of the molecule is CC(C)N1C[C@H](C)C(CN(C)C(=O)OC(C)(C)C)Oc2c(NC(=O)c3ccncc3)cccc2C1=O. The second-order valence-corrected chi connectivity index (χ2v) is 10.4. The number of rotatable bonds is 5. The number of carbonyl (C=O) groups excluding carboxylic acids is 3. The Morgan fingerprint density at radius 2 is 1.89 bits per heavy atom. The van der Waals surface area contributed by atoms with Gasteiger partial charge in [0, 0.05) is 43.5 Å². The number of nitrogens with zero attached hydrogens (tertiary/aromatic N) is 3. The molecule has 2 atom stereocenters. The molecule has 194 valence electrons. The van der Waals surface area contributed by atoms with Gasteiger partial charge in [0.05, 0.1) is 17.8 Å². The van der Waals surface area contributed by atoms with Gasteiger partial charge >= 0.3 is 6.09 Å². The highest BCUT2D eigenvalue weighted by atomic mass is 16.6. The summed E-state index contributed by atoms with van der Waals surface area (Å²) in [5, 5.41) is 2.87. The molecule has 3 rings (SSSR count). The van der Waals surface area contributed by atoms with Crippen molar-refractivity contribution in [3.05, 3.63) is 53.9 Å². The van der Waals surface area contributed by atoms with E-state index in [1.54, 1.807) is 42.3 Å². The van der Waals surface area contributed by atoms with Crippen LogP contribution in [0.1, 0.15) is 62.3 Å². The molecule has 1 N–H and O–H groups in total. The number of para-hydroxylation sites is 1. The third kappa shape index (κ3) is 6.53. The number of aromatic nitrogens is 1. The van der Waals surface area contributed by atoms with E-state index in [1.807, 2.05) is 41.5 Å². The van der Waals surface area contributed by atoms with Gasteiger partial charge in [-0.15, -0.1) is 0 Å². The number of pyridine rings is 1. The van der Waals surface area contributed by atoms with Crippen LogP contribution in [0.15, 0.2) is 42.7 Å². The summed E-state index contributed by atoms with van der Waals surface area (Å²) in [5.74, 6) is -0.353. The van der Waals surface area contributed by atoms with Gasteiger partial charge in [-0.05, 0) is 58.9 Å². The highest BCUT2D eigenvalue weighted by molar-refractivity contribution is 6.07. The predicted octanol–water partition coefficient (Wildman–Crippen LogP) is 4.45. The average Bonchev–Trinajstić information content (AvgIpc) is 2.80. The summed E-state index contributed by atoms with van der Waals surface area (Å²) in [5.41, 5.74) is 0.535. The summed E-state index contributed by atoms with van der Waals surface area (Å²) in [6.45, 7) is 12.0. The predicted molar refractivity (Wildman–Crippen MR) is 137 cm³/mol. The quantitative estimate of drug-likeness (QED) is 0.656. The van der Waals surface area contributed by atoms with Crippen LogP contribution in [0.25, 0.3) is 0 Å². The lowest BCUT2D eigenvalue weighted by Crippen LogP contribution is -2.49. The van der Waals surface area contributed by atoms with E-state index < -0.39 is 17.8 Å². The number of carbonyl (C=O) groups is 3. The lowest BCUT2D eigenvalue weighted by molar-refractivity contribution is 0.0131. The van der Waals surface area contributed by atoms with Crippen LogP contribution in [0.4, 0.5) is 10.5 Å². The van der Waals surface area contributed by atoms with E-state index in [0.29, 0.717) is 23.4 Å². The fourth-order valence-electron chi connectivity index (χ4n) is 3.91. The Hall–Kier alpha value is -3.62. The molecule has 0 saturated carbocycles. The van der Waals surface area contributed by atoms with Gasteiger partial charge in [0.2, 0.25) is 0 Å². The normalized spacial score (nSPS) is 18.0. The number of ether oxygens (including phenoxy) is 2. The first kappa shape index (κ1) is 27.0. The van der Waals surface area contributed by atoms with E-state index in [4.69, 9.17) is 9.47 Å². The highest BCUT2D eigenvalue weighted by Gasteiger charge is 2.35. The maximum absolute atomic E-state index is 13.5. The number of amides is 3. The van der Waals surface area contributed by atoms with Gasteiger partial charge in [-0.3, -0.25) is 14.6 Å². The number of fused-ring (bicyclic) bond motifs is 1. The van der Waals surface area contributed by atoms with Crippen molar-refractivity contribution in [1.82, 2.24) is 14.8 Å². The van der Waals surface area contributed by atoms with Crippen molar-refractivity contribution in [3.8, 4) is 5.75 Å². The van der Waals surface area contributed by atoms with E-state index in [2.05, 4.69) is 10.3 Å². The van der Waals surface area contributed by atoms with Crippen molar-refractivity contribution in [2.75, 3.05) is 25.5 Å². The number of benzene rings is 1. The third-order valence-electron chi connectivity index (χ3n) is 5.87. The summed E-state index contributed by atoms with van der Waals surface area (Å²) in [4.78, 5) is 46.3. The summed E-state index contributed by atoms with van der Waals surface area (Å²) in [6.07, 6.45) is 2.15. The maximum atomic E-state index is 13.5. The van der Waals surface area contributed by atoms with E-state index in [9.17, 15) is 14.4 Å². The molecule has 2 heterocycles. The Labute approximate surface area is 212 Å². The first-order valence-corrected chi connectivity index (χ1v) is 12.1. The van der Waals surface area contributed by atoms with Crippen LogP contribution in [0, 0.1) is 5.92 Å². The molecule has 0 spiro atoms. The van der Waals surface area contributed by atoms with Crippen molar-refractivity contribution in [2.24, 2.45) is 5.92 Å². The molecule has 1 aromatic heterocycles. The second kappa shape index (κ2) is 11.0. The molecule has 1 aromatic carbocycles. The average molecular weight is 497 g/mol. The van der Waals surface area contributed by atoms with Gasteiger partial charge < -0.3 is 24.6 Å².